The number of hydrogen-bond acceptors (Lipinski definition) is 5. The molecule has 164 valence electrons. The highest BCUT2D eigenvalue weighted by molar-refractivity contribution is 5.94. The average molecular weight is 444 g/mol. The van der Waals surface area contributed by atoms with Crippen LogP contribution < -0.4 is 16.0 Å². The number of carbonyl (C=O) groups is 1. The van der Waals surface area contributed by atoms with Gasteiger partial charge in [0.1, 0.15) is 5.82 Å². The Labute approximate surface area is 179 Å². The molecule has 0 atom stereocenters. The summed E-state index contributed by atoms with van der Waals surface area (Å²) in [6.45, 7) is 1.88. The second-order valence-corrected chi connectivity index (χ2v) is 7.59. The summed E-state index contributed by atoms with van der Waals surface area (Å²) in [5, 5.41) is 3.29. The van der Waals surface area contributed by atoms with Gasteiger partial charge in [0.25, 0.3) is 0 Å². The first-order valence-corrected chi connectivity index (χ1v) is 9.44. The zero-order valence-corrected chi connectivity index (χ0v) is 17.8. The molecule has 1 aromatic carbocycles. The van der Waals surface area contributed by atoms with Crippen LogP contribution in [-0.2, 0) is 0 Å². The van der Waals surface area contributed by atoms with Crippen molar-refractivity contribution in [2.45, 2.75) is 44.6 Å². The van der Waals surface area contributed by atoms with Gasteiger partial charge >= 0.3 is 0 Å². The highest BCUT2D eigenvalue weighted by Gasteiger charge is 2.31. The number of nitrogens with one attached hydrogen (secondary N) is 1. The standard InChI is InChI=1S/C20H24F3N5O.ClH/c1-10-8-15(28(2)3)27-20(25-10)26-12-6-4-11(5-7-12)16-13(19(24)29)9-14(21)17(22)18(16)23;/h8-9,11-12H,4-7H2,1-3H3,(H2,24,29)(H,25,26,27);1H. The molecule has 0 saturated heterocycles. The van der Waals surface area contributed by atoms with E-state index >= 15 is 0 Å². The number of rotatable bonds is 5. The van der Waals surface area contributed by atoms with Crippen molar-refractivity contribution in [3.8, 4) is 0 Å². The van der Waals surface area contributed by atoms with Crippen molar-refractivity contribution in [2.75, 3.05) is 24.3 Å². The van der Waals surface area contributed by atoms with Gasteiger partial charge in [0.05, 0.1) is 0 Å². The van der Waals surface area contributed by atoms with Crippen LogP contribution in [0.25, 0.3) is 0 Å². The Morgan fingerprint density at radius 2 is 1.73 bits per heavy atom. The van der Waals surface area contributed by atoms with Crippen molar-refractivity contribution in [3.05, 3.63) is 46.4 Å². The Kier molecular flexibility index (Phi) is 7.52. The third-order valence-corrected chi connectivity index (χ3v) is 5.23. The maximum absolute atomic E-state index is 14.4. The summed E-state index contributed by atoms with van der Waals surface area (Å²) in [6, 6.07) is 2.61. The number of nitrogens with zero attached hydrogens (tertiary/aromatic N) is 3. The zero-order chi connectivity index (χ0) is 21.3. The van der Waals surface area contributed by atoms with Gasteiger partial charge in [-0.1, -0.05) is 0 Å². The average Bonchev–Trinajstić information content (AvgIpc) is 2.66. The molecule has 0 aliphatic heterocycles. The van der Waals surface area contributed by atoms with Crippen LogP contribution in [0.2, 0.25) is 0 Å². The van der Waals surface area contributed by atoms with E-state index in [9.17, 15) is 18.0 Å². The lowest BCUT2D eigenvalue weighted by atomic mass is 9.79. The van der Waals surface area contributed by atoms with Crippen LogP contribution in [0.5, 0.6) is 0 Å². The fourth-order valence-corrected chi connectivity index (χ4v) is 3.77. The number of hydrogen-bond donors (Lipinski definition) is 2. The maximum Gasteiger partial charge on any atom is 0.249 e. The summed E-state index contributed by atoms with van der Waals surface area (Å²) in [4.78, 5) is 22.4. The van der Waals surface area contributed by atoms with E-state index in [2.05, 4.69) is 15.3 Å². The van der Waals surface area contributed by atoms with E-state index in [1.165, 1.54) is 0 Å². The van der Waals surface area contributed by atoms with Crippen LogP contribution in [0, 0.1) is 24.4 Å². The molecule has 0 spiro atoms. The van der Waals surface area contributed by atoms with Crippen molar-refractivity contribution in [1.82, 2.24) is 9.97 Å². The molecule has 3 rings (SSSR count). The van der Waals surface area contributed by atoms with Crippen LogP contribution in [0.1, 0.15) is 53.2 Å². The second-order valence-electron chi connectivity index (χ2n) is 7.59. The van der Waals surface area contributed by atoms with Gasteiger partial charge in [-0.25, -0.2) is 18.2 Å². The predicted molar refractivity (Wildman–Crippen MR) is 112 cm³/mol. The van der Waals surface area contributed by atoms with Crippen LogP contribution in [0.3, 0.4) is 0 Å². The number of aryl methyl sites for hydroxylation is 1. The van der Waals surface area contributed by atoms with E-state index in [-0.39, 0.29) is 29.6 Å². The molecule has 0 radical (unpaired) electrons. The van der Waals surface area contributed by atoms with Crippen LogP contribution in [-0.4, -0.2) is 36.0 Å². The van der Waals surface area contributed by atoms with Crippen molar-refractivity contribution >= 4 is 30.1 Å². The number of aromatic nitrogens is 2. The molecular weight excluding hydrogens is 419 g/mol. The molecule has 10 heteroatoms. The Balaban J connectivity index is 0.00000320. The number of nitrogens with two attached hydrogens (primary N) is 1. The van der Waals surface area contributed by atoms with Crippen molar-refractivity contribution in [1.29, 1.82) is 0 Å². The molecule has 1 amide bonds. The lowest BCUT2D eigenvalue weighted by Gasteiger charge is -2.30. The van der Waals surface area contributed by atoms with Gasteiger partial charge in [-0.3, -0.25) is 4.79 Å². The number of amides is 1. The third kappa shape index (κ3) is 4.95. The van der Waals surface area contributed by atoms with Crippen LogP contribution in [0.4, 0.5) is 24.9 Å². The lowest BCUT2D eigenvalue weighted by Crippen LogP contribution is -2.28. The van der Waals surface area contributed by atoms with Crippen LogP contribution >= 0.6 is 12.4 Å². The van der Waals surface area contributed by atoms with E-state index in [4.69, 9.17) is 5.73 Å². The van der Waals surface area contributed by atoms with Crippen LogP contribution in [0.15, 0.2) is 12.1 Å². The molecule has 6 nitrogen and oxygen atoms in total. The lowest BCUT2D eigenvalue weighted by molar-refractivity contribution is 0.0997. The number of carbonyl (C=O) groups excluding carboxylic acids is 1. The van der Waals surface area contributed by atoms with Crippen molar-refractivity contribution < 1.29 is 18.0 Å². The molecule has 1 aliphatic carbocycles. The van der Waals surface area contributed by atoms with Crippen molar-refractivity contribution in [3.63, 3.8) is 0 Å². The van der Waals surface area contributed by atoms with Gasteiger partial charge in [-0.15, -0.1) is 12.4 Å². The minimum atomic E-state index is -1.57. The van der Waals surface area contributed by atoms with Gasteiger partial charge in [-0.2, -0.15) is 4.98 Å². The highest BCUT2D eigenvalue weighted by Crippen LogP contribution is 2.38. The fourth-order valence-electron chi connectivity index (χ4n) is 3.77. The van der Waals surface area contributed by atoms with Crippen molar-refractivity contribution in [2.24, 2.45) is 5.73 Å². The molecule has 30 heavy (non-hydrogen) atoms. The minimum Gasteiger partial charge on any atom is -0.366 e. The topological polar surface area (TPSA) is 84.1 Å². The first-order valence-electron chi connectivity index (χ1n) is 9.44. The third-order valence-electron chi connectivity index (χ3n) is 5.23. The second kappa shape index (κ2) is 9.51. The Bertz CT molecular complexity index is 933. The Morgan fingerprint density at radius 1 is 1.10 bits per heavy atom. The quantitative estimate of drug-likeness (QED) is 0.684. The molecule has 1 aliphatic rings. The SMILES string of the molecule is Cc1cc(N(C)C)nc(NC2CCC(c3c(C(N)=O)cc(F)c(F)c3F)CC2)n1.Cl. The summed E-state index contributed by atoms with van der Waals surface area (Å²) < 4.78 is 41.7. The summed E-state index contributed by atoms with van der Waals surface area (Å²) in [7, 11) is 3.78. The smallest absolute Gasteiger partial charge is 0.249 e. The summed E-state index contributed by atoms with van der Waals surface area (Å²) >= 11 is 0. The van der Waals surface area contributed by atoms with Gasteiger partial charge in [0.2, 0.25) is 11.9 Å². The van der Waals surface area contributed by atoms with Gasteiger partial charge in [-0.05, 0) is 44.6 Å². The first-order chi connectivity index (χ1) is 13.7. The molecule has 1 aromatic heterocycles. The molecule has 3 N–H and O–H groups in total. The summed E-state index contributed by atoms with van der Waals surface area (Å²) in [5.41, 5.74) is 5.67. The van der Waals surface area contributed by atoms with E-state index in [1.54, 1.807) is 0 Å². The molecule has 1 fully saturated rings. The number of primary amides is 1. The van der Waals surface area contributed by atoms with E-state index < -0.39 is 29.3 Å². The Morgan fingerprint density at radius 3 is 2.30 bits per heavy atom. The van der Waals surface area contributed by atoms with Gasteiger partial charge in [0, 0.05) is 43.0 Å². The zero-order valence-electron chi connectivity index (χ0n) is 17.0. The molecule has 2 aromatic rings. The predicted octanol–water partition coefficient (Wildman–Crippen LogP) is 3.93. The minimum absolute atomic E-state index is 0. The number of anilines is 2. The first kappa shape index (κ1) is 23.7. The van der Waals surface area contributed by atoms with E-state index in [0.29, 0.717) is 37.7 Å². The summed E-state index contributed by atoms with van der Waals surface area (Å²) in [6.07, 6.45) is 2.25. The highest BCUT2D eigenvalue weighted by atomic mass is 35.5. The fraction of sp³-hybridized carbons (Fsp3) is 0.450. The van der Waals surface area contributed by atoms with Gasteiger partial charge in [0.15, 0.2) is 17.5 Å². The van der Waals surface area contributed by atoms with E-state index in [0.717, 1.165) is 11.5 Å². The molecule has 1 heterocycles. The molecule has 1 saturated carbocycles. The normalized spacial score (nSPS) is 18.5. The largest absolute Gasteiger partial charge is 0.366 e. The molecule has 0 unspecified atom stereocenters. The number of halogens is 4. The van der Waals surface area contributed by atoms with E-state index in [1.807, 2.05) is 32.0 Å². The summed E-state index contributed by atoms with van der Waals surface area (Å²) in [5.74, 6) is -4.41. The molecular formula is C20H25ClF3N5O. The molecule has 0 bridgehead atoms. The van der Waals surface area contributed by atoms with Gasteiger partial charge < -0.3 is 16.0 Å². The maximum atomic E-state index is 14.4. The Hall–Kier alpha value is -2.55. The number of benzene rings is 1. The monoisotopic (exact) mass is 443 g/mol.